The van der Waals surface area contributed by atoms with Crippen molar-refractivity contribution in [1.82, 2.24) is 0 Å². The third-order valence-electron chi connectivity index (χ3n) is 4.60. The van der Waals surface area contributed by atoms with Gasteiger partial charge in [0, 0.05) is 11.5 Å². The highest BCUT2D eigenvalue weighted by atomic mass is 16.3. The summed E-state index contributed by atoms with van der Waals surface area (Å²) in [5.41, 5.74) is 4.46. The van der Waals surface area contributed by atoms with Crippen LogP contribution in [-0.4, -0.2) is 16.7 Å². The molecule has 5 atom stereocenters. The molecule has 2 nitrogen and oxygen atoms in total. The Labute approximate surface area is 91.5 Å². The maximum Gasteiger partial charge on any atom is 0.0659 e. The lowest BCUT2D eigenvalue weighted by atomic mass is 9.46. The fourth-order valence-corrected chi connectivity index (χ4v) is 4.53. The minimum Gasteiger partial charge on any atom is -0.390 e. The van der Waals surface area contributed by atoms with Gasteiger partial charge in [-0.25, -0.2) is 0 Å². The largest absolute Gasteiger partial charge is 0.390 e. The van der Waals surface area contributed by atoms with Gasteiger partial charge < -0.3 is 10.8 Å². The van der Waals surface area contributed by atoms with E-state index in [-0.39, 0.29) is 0 Å². The molecule has 2 heteroatoms. The fourth-order valence-electron chi connectivity index (χ4n) is 4.53. The van der Waals surface area contributed by atoms with Crippen molar-refractivity contribution >= 4 is 0 Å². The van der Waals surface area contributed by atoms with Crippen molar-refractivity contribution in [2.75, 3.05) is 0 Å². The first-order chi connectivity index (χ1) is 8.07. The molecule has 80 valence electrons. The monoisotopic (exact) mass is 199 g/mol. The third-order valence-corrected chi connectivity index (χ3v) is 4.60. The SMILES string of the molecule is [2H]C([2H])([2H])C([2H])(N)C12C[C@@H]3C[C@@H](CC(O)(C3)C1)C2. The standard InChI is InChI=1S/C12H21NO/c1-8(13)11-3-9-2-10(4-11)6-12(14,5-9)7-11/h8-10,14H,2-7,13H2,1H3/t8?,9-,10+,11?,12?/i1D3,8D. The molecule has 0 saturated heterocycles. The first-order valence-electron chi connectivity index (χ1n) is 7.58. The van der Waals surface area contributed by atoms with Gasteiger partial charge in [-0.15, -0.1) is 0 Å². The highest BCUT2D eigenvalue weighted by molar-refractivity contribution is 5.10. The van der Waals surface area contributed by atoms with E-state index >= 15 is 0 Å². The molecule has 0 amide bonds. The van der Waals surface area contributed by atoms with Gasteiger partial charge in [-0.2, -0.15) is 0 Å². The van der Waals surface area contributed by atoms with Gasteiger partial charge in [0.2, 0.25) is 0 Å². The van der Waals surface area contributed by atoms with Crippen LogP contribution in [0.25, 0.3) is 0 Å². The number of hydrogen-bond donors (Lipinski definition) is 2. The molecular weight excluding hydrogens is 174 g/mol. The van der Waals surface area contributed by atoms with Crippen LogP contribution < -0.4 is 5.73 Å². The van der Waals surface area contributed by atoms with Crippen LogP contribution in [0.5, 0.6) is 0 Å². The summed E-state index contributed by atoms with van der Waals surface area (Å²) in [6, 6.07) is -1.94. The second-order valence-corrected chi connectivity index (χ2v) is 5.88. The normalized spacial score (nSPS) is 65.0. The Hall–Kier alpha value is -0.0800. The van der Waals surface area contributed by atoms with Gasteiger partial charge in [-0.1, -0.05) is 0 Å². The lowest BCUT2D eigenvalue weighted by Gasteiger charge is -2.61. The lowest BCUT2D eigenvalue weighted by molar-refractivity contribution is -0.168. The third kappa shape index (κ3) is 1.10. The van der Waals surface area contributed by atoms with Crippen LogP contribution in [-0.2, 0) is 0 Å². The average Bonchev–Trinajstić information content (AvgIpc) is 2.10. The van der Waals surface area contributed by atoms with E-state index in [2.05, 4.69) is 0 Å². The molecule has 0 spiro atoms. The van der Waals surface area contributed by atoms with E-state index in [9.17, 15) is 5.11 Å². The molecule has 14 heavy (non-hydrogen) atoms. The van der Waals surface area contributed by atoms with Crippen LogP contribution in [0, 0.1) is 17.3 Å². The first-order valence-corrected chi connectivity index (χ1v) is 5.58. The highest BCUT2D eigenvalue weighted by Gasteiger charge is 2.58. The van der Waals surface area contributed by atoms with E-state index in [4.69, 9.17) is 11.2 Å². The summed E-state index contributed by atoms with van der Waals surface area (Å²) in [4.78, 5) is 0. The molecule has 3 unspecified atom stereocenters. The fraction of sp³-hybridized carbons (Fsp3) is 1.00. The summed E-state index contributed by atoms with van der Waals surface area (Å²) < 4.78 is 31.0. The van der Waals surface area contributed by atoms with E-state index in [0.717, 1.165) is 19.3 Å². The van der Waals surface area contributed by atoms with Crippen LogP contribution in [0.1, 0.15) is 50.9 Å². The molecule has 0 heterocycles. The molecule has 0 aromatic rings. The Bertz CT molecular complexity index is 365. The molecular formula is C12H21NO. The molecule has 4 fully saturated rings. The van der Waals surface area contributed by atoms with Gasteiger partial charge in [0.05, 0.1) is 5.60 Å². The maximum atomic E-state index is 10.6. The summed E-state index contributed by atoms with van der Waals surface area (Å²) in [6.45, 7) is -2.49. The van der Waals surface area contributed by atoms with Crippen LogP contribution in [0.2, 0.25) is 0 Å². The molecule has 0 aliphatic heterocycles. The zero-order chi connectivity index (χ0) is 13.4. The predicted molar refractivity (Wildman–Crippen MR) is 55.7 cm³/mol. The topological polar surface area (TPSA) is 46.2 Å². The number of hydrogen-bond acceptors (Lipinski definition) is 2. The van der Waals surface area contributed by atoms with E-state index in [1.807, 2.05) is 0 Å². The van der Waals surface area contributed by atoms with Crippen molar-refractivity contribution in [2.45, 2.75) is 57.0 Å². The average molecular weight is 199 g/mol. The van der Waals surface area contributed by atoms with Crippen LogP contribution in [0.4, 0.5) is 0 Å². The van der Waals surface area contributed by atoms with Crippen molar-refractivity contribution in [3.8, 4) is 0 Å². The lowest BCUT2D eigenvalue weighted by Crippen LogP contribution is -2.60. The summed E-state index contributed by atoms with van der Waals surface area (Å²) in [6.07, 6.45) is 4.39. The van der Waals surface area contributed by atoms with E-state index in [0.29, 0.717) is 31.1 Å². The van der Waals surface area contributed by atoms with Gasteiger partial charge >= 0.3 is 0 Å². The Kier molecular flexibility index (Phi) is 1.06. The molecule has 0 radical (unpaired) electrons. The Morgan fingerprint density at radius 1 is 1.43 bits per heavy atom. The Morgan fingerprint density at radius 2 is 2.07 bits per heavy atom. The van der Waals surface area contributed by atoms with Crippen molar-refractivity contribution in [1.29, 1.82) is 0 Å². The van der Waals surface area contributed by atoms with Crippen molar-refractivity contribution in [3.63, 3.8) is 0 Å². The minimum absolute atomic E-state index is 0.354. The van der Waals surface area contributed by atoms with Gasteiger partial charge in [0.15, 0.2) is 0 Å². The van der Waals surface area contributed by atoms with Gasteiger partial charge in [0.25, 0.3) is 0 Å². The smallest absolute Gasteiger partial charge is 0.0659 e. The summed E-state index contributed by atoms with van der Waals surface area (Å²) in [5.74, 6) is 0.707. The van der Waals surface area contributed by atoms with Crippen molar-refractivity contribution in [2.24, 2.45) is 23.0 Å². The Morgan fingerprint density at radius 3 is 2.57 bits per heavy atom. The molecule has 0 aromatic carbocycles. The molecule has 4 aliphatic rings. The van der Waals surface area contributed by atoms with Crippen LogP contribution in [0.15, 0.2) is 0 Å². The van der Waals surface area contributed by atoms with Crippen LogP contribution >= 0.6 is 0 Å². The molecule has 3 N–H and O–H groups in total. The molecule has 0 aromatic heterocycles. The van der Waals surface area contributed by atoms with E-state index in [1.165, 1.54) is 0 Å². The van der Waals surface area contributed by atoms with Crippen molar-refractivity contribution < 1.29 is 10.6 Å². The highest BCUT2D eigenvalue weighted by Crippen LogP contribution is 2.62. The van der Waals surface area contributed by atoms with E-state index < -0.39 is 23.9 Å². The molecule has 4 rings (SSSR count). The zero-order valence-electron chi connectivity index (χ0n) is 12.4. The van der Waals surface area contributed by atoms with E-state index in [1.54, 1.807) is 0 Å². The second-order valence-electron chi connectivity index (χ2n) is 5.88. The van der Waals surface area contributed by atoms with Crippen molar-refractivity contribution in [3.05, 3.63) is 0 Å². The minimum atomic E-state index is -2.49. The van der Waals surface area contributed by atoms with Gasteiger partial charge in [-0.05, 0) is 62.6 Å². The second kappa shape index (κ2) is 2.53. The number of rotatable bonds is 1. The first kappa shape index (κ1) is 5.86. The predicted octanol–water partition coefficient (Wildman–Crippen LogP) is 1.66. The summed E-state index contributed by atoms with van der Waals surface area (Å²) in [5, 5.41) is 10.6. The molecule has 4 saturated carbocycles. The molecule has 4 bridgehead atoms. The Balaban J connectivity index is 2.01. The summed E-state index contributed by atoms with van der Waals surface area (Å²) in [7, 11) is 0. The maximum absolute atomic E-state index is 10.6. The van der Waals surface area contributed by atoms with Gasteiger partial charge in [0.1, 0.15) is 0 Å². The zero-order valence-corrected chi connectivity index (χ0v) is 8.42. The van der Waals surface area contributed by atoms with Gasteiger partial charge in [-0.3, -0.25) is 0 Å². The summed E-state index contributed by atoms with van der Waals surface area (Å²) >= 11 is 0. The number of nitrogens with two attached hydrogens (primary N) is 1. The quantitative estimate of drug-likeness (QED) is 0.674. The van der Waals surface area contributed by atoms with Crippen LogP contribution in [0.3, 0.4) is 0 Å². The molecule has 4 aliphatic carbocycles. The number of aliphatic hydroxyl groups is 1.